The molecule has 0 bridgehead atoms. The molecular weight excluding hydrogens is 488 g/mol. The summed E-state index contributed by atoms with van der Waals surface area (Å²) in [5, 5.41) is 3.24. The molecule has 2 fully saturated rings. The summed E-state index contributed by atoms with van der Waals surface area (Å²) in [5.41, 5.74) is 1.66. The molecule has 1 saturated carbocycles. The average Bonchev–Trinajstić information content (AvgIpc) is 3.52. The summed E-state index contributed by atoms with van der Waals surface area (Å²) in [4.78, 5) is 21.0. The van der Waals surface area contributed by atoms with Crippen LogP contribution in [0.3, 0.4) is 0 Å². The van der Waals surface area contributed by atoms with Crippen LogP contribution in [0.2, 0.25) is 0 Å². The highest BCUT2D eigenvalue weighted by Crippen LogP contribution is 2.43. The maximum absolute atomic E-state index is 13.6. The molecule has 3 aromatic rings. The lowest BCUT2D eigenvalue weighted by molar-refractivity contribution is -0.117. The van der Waals surface area contributed by atoms with E-state index in [4.69, 9.17) is 9.47 Å². The Morgan fingerprint density at radius 1 is 1.06 bits per heavy atom. The maximum atomic E-state index is 13.6. The molecule has 2 atom stereocenters. The van der Waals surface area contributed by atoms with Crippen molar-refractivity contribution in [2.75, 3.05) is 59.8 Å². The molecule has 2 aromatic heterocycles. The highest BCUT2D eigenvalue weighted by atomic mass is 32.2. The molecular formula is C25H31F2N5O3S. The van der Waals surface area contributed by atoms with E-state index in [1.165, 1.54) is 30.2 Å². The fourth-order valence-electron chi connectivity index (χ4n) is 4.07. The van der Waals surface area contributed by atoms with Gasteiger partial charge < -0.3 is 24.6 Å². The van der Waals surface area contributed by atoms with E-state index in [-0.39, 0.29) is 24.6 Å². The summed E-state index contributed by atoms with van der Waals surface area (Å²) in [6, 6.07) is 8.70. The normalized spacial score (nSPS) is 19.9. The molecule has 194 valence electrons. The van der Waals surface area contributed by atoms with E-state index >= 15 is 0 Å². The van der Waals surface area contributed by atoms with Gasteiger partial charge in [0.2, 0.25) is 5.91 Å². The minimum atomic E-state index is -1.10. The van der Waals surface area contributed by atoms with E-state index in [0.717, 1.165) is 0 Å². The fourth-order valence-corrected chi connectivity index (χ4v) is 4.42. The Bertz CT molecular complexity index is 1180. The van der Waals surface area contributed by atoms with Gasteiger partial charge in [0.15, 0.2) is 18.0 Å². The lowest BCUT2D eigenvalue weighted by Gasteiger charge is -2.28. The molecule has 8 nitrogen and oxygen atoms in total. The molecule has 1 amide bonds. The molecule has 3 heterocycles. The van der Waals surface area contributed by atoms with Gasteiger partial charge in [0, 0.05) is 43.3 Å². The Kier molecular flexibility index (Phi) is 8.32. The standard InChI is InChI=1S/C19H17F2N3O3S.C6H14N2/c1-26-14-4-3-5-15(27-2)17(14)12-9-24(28-21)18-10(12)6-7-16(22-18)23-19(25)11-8-13(11)20;1-7-3-5-8(2)6-4-7/h3-7,9,11,13H,8H2,1-2H3,(H,22,23,25);3-6H2,1-2H3. The predicted molar refractivity (Wildman–Crippen MR) is 139 cm³/mol. The largest absolute Gasteiger partial charge is 0.496 e. The summed E-state index contributed by atoms with van der Waals surface area (Å²) >= 11 is -0.0128. The summed E-state index contributed by atoms with van der Waals surface area (Å²) in [5.74, 6) is 0.332. The van der Waals surface area contributed by atoms with Crippen LogP contribution in [0.1, 0.15) is 6.42 Å². The highest BCUT2D eigenvalue weighted by molar-refractivity contribution is 7.92. The van der Waals surface area contributed by atoms with Crippen LogP contribution < -0.4 is 14.8 Å². The number of fused-ring (bicyclic) bond motifs is 1. The van der Waals surface area contributed by atoms with E-state index in [1.807, 2.05) is 0 Å². The summed E-state index contributed by atoms with van der Waals surface area (Å²) in [6.07, 6.45) is 0.716. The number of likely N-dealkylation sites (N-methyl/N-ethyl adjacent to an activating group) is 2. The molecule has 1 aromatic carbocycles. The molecule has 36 heavy (non-hydrogen) atoms. The van der Waals surface area contributed by atoms with E-state index in [1.54, 1.807) is 50.7 Å². The van der Waals surface area contributed by atoms with Crippen molar-refractivity contribution >= 4 is 35.1 Å². The molecule has 0 spiro atoms. The second kappa shape index (κ2) is 11.4. The number of benzene rings is 1. The number of rotatable bonds is 6. The van der Waals surface area contributed by atoms with Crippen LogP contribution in [-0.4, -0.2) is 85.3 Å². The van der Waals surface area contributed by atoms with Crippen molar-refractivity contribution in [2.24, 2.45) is 5.92 Å². The van der Waals surface area contributed by atoms with Gasteiger partial charge in [0.1, 0.15) is 23.5 Å². The summed E-state index contributed by atoms with van der Waals surface area (Å²) in [6.45, 7) is 4.93. The van der Waals surface area contributed by atoms with Crippen molar-refractivity contribution in [1.29, 1.82) is 0 Å². The third-order valence-electron chi connectivity index (χ3n) is 6.42. The van der Waals surface area contributed by atoms with Gasteiger partial charge in [-0.15, -0.1) is 3.89 Å². The molecule has 1 saturated heterocycles. The molecule has 1 aliphatic carbocycles. The quantitative estimate of drug-likeness (QED) is 0.522. The molecule has 2 aliphatic rings. The van der Waals surface area contributed by atoms with Gasteiger partial charge >= 0.3 is 0 Å². The number of nitrogens with zero attached hydrogens (tertiary/aromatic N) is 4. The number of nitrogens with one attached hydrogen (secondary N) is 1. The van der Waals surface area contributed by atoms with Crippen molar-refractivity contribution in [3.63, 3.8) is 0 Å². The number of carbonyl (C=O) groups excluding carboxylic acids is 1. The Morgan fingerprint density at radius 2 is 1.64 bits per heavy atom. The number of anilines is 1. The zero-order valence-corrected chi connectivity index (χ0v) is 21.6. The predicted octanol–water partition coefficient (Wildman–Crippen LogP) is 4.26. The Labute approximate surface area is 214 Å². The molecule has 5 rings (SSSR count). The number of alkyl halides is 1. The van der Waals surface area contributed by atoms with E-state index in [2.05, 4.69) is 34.2 Å². The van der Waals surface area contributed by atoms with Crippen LogP contribution in [0.5, 0.6) is 11.5 Å². The number of halogens is 2. The molecule has 11 heteroatoms. The van der Waals surface area contributed by atoms with Gasteiger partial charge in [-0.1, -0.05) is 6.07 Å². The van der Waals surface area contributed by atoms with Gasteiger partial charge in [-0.3, -0.25) is 4.79 Å². The highest BCUT2D eigenvalue weighted by Gasteiger charge is 2.43. The van der Waals surface area contributed by atoms with Crippen molar-refractivity contribution in [3.05, 3.63) is 36.5 Å². The first-order chi connectivity index (χ1) is 17.4. The van der Waals surface area contributed by atoms with Crippen molar-refractivity contribution in [2.45, 2.75) is 12.6 Å². The zero-order valence-electron chi connectivity index (χ0n) is 20.8. The lowest BCUT2D eigenvalue weighted by Crippen LogP contribution is -2.42. The van der Waals surface area contributed by atoms with E-state index < -0.39 is 18.0 Å². The number of carbonyl (C=O) groups is 1. The minimum absolute atomic E-state index is 0.0128. The van der Waals surface area contributed by atoms with Crippen molar-refractivity contribution in [1.82, 2.24) is 18.8 Å². The molecule has 2 unspecified atom stereocenters. The van der Waals surface area contributed by atoms with Gasteiger partial charge in [-0.2, -0.15) is 0 Å². The number of piperazine rings is 1. The zero-order chi connectivity index (χ0) is 25.8. The second-order valence-electron chi connectivity index (χ2n) is 9.00. The van der Waals surface area contributed by atoms with Gasteiger partial charge in [0.05, 0.1) is 25.7 Å². The van der Waals surface area contributed by atoms with Crippen LogP contribution in [0, 0.1) is 5.92 Å². The third-order valence-corrected chi connectivity index (χ3v) is 6.85. The lowest BCUT2D eigenvalue weighted by atomic mass is 10.0. The number of aromatic nitrogens is 2. The monoisotopic (exact) mass is 519 g/mol. The first kappa shape index (κ1) is 26.2. The average molecular weight is 520 g/mol. The first-order valence-corrected chi connectivity index (χ1v) is 12.4. The van der Waals surface area contributed by atoms with Crippen LogP contribution in [0.15, 0.2) is 36.5 Å². The van der Waals surface area contributed by atoms with E-state index in [0.29, 0.717) is 33.7 Å². The summed E-state index contributed by atoms with van der Waals surface area (Å²) in [7, 11) is 7.44. The maximum Gasteiger partial charge on any atom is 0.231 e. The van der Waals surface area contributed by atoms with Gasteiger partial charge in [-0.25, -0.2) is 13.3 Å². The number of methoxy groups -OCH3 is 2. The smallest absolute Gasteiger partial charge is 0.231 e. The fraction of sp³-hybridized carbons (Fsp3) is 0.440. The van der Waals surface area contributed by atoms with Gasteiger partial charge in [0.25, 0.3) is 0 Å². The number of ether oxygens (including phenoxy) is 2. The Hall–Kier alpha value is -2.89. The molecule has 0 radical (unpaired) electrons. The van der Waals surface area contributed by atoms with Crippen molar-refractivity contribution < 1.29 is 22.5 Å². The summed E-state index contributed by atoms with van der Waals surface area (Å²) < 4.78 is 38.8. The van der Waals surface area contributed by atoms with Crippen LogP contribution in [0.25, 0.3) is 22.2 Å². The second-order valence-corrected chi connectivity index (χ2v) is 9.53. The number of hydrogen-bond donors (Lipinski definition) is 1. The molecule has 1 aliphatic heterocycles. The van der Waals surface area contributed by atoms with Crippen LogP contribution in [0.4, 0.5) is 14.1 Å². The Balaban J connectivity index is 0.000000325. The number of amides is 1. The van der Waals surface area contributed by atoms with Crippen LogP contribution >= 0.6 is 12.3 Å². The SMILES string of the molecule is CN1CCN(C)CC1.COc1cccc(OC)c1-c1cn(SF)c2nc(NC(=O)C3CC3F)ccc12. The minimum Gasteiger partial charge on any atom is -0.496 e. The topological polar surface area (TPSA) is 71.9 Å². The first-order valence-electron chi connectivity index (χ1n) is 11.7. The molecule has 1 N–H and O–H groups in total. The van der Waals surface area contributed by atoms with Crippen molar-refractivity contribution in [3.8, 4) is 22.6 Å². The van der Waals surface area contributed by atoms with Gasteiger partial charge in [-0.05, 0) is 44.8 Å². The Morgan fingerprint density at radius 3 is 2.14 bits per heavy atom. The number of pyridine rings is 1. The van der Waals surface area contributed by atoms with E-state index in [9.17, 15) is 13.1 Å². The number of hydrogen-bond acceptors (Lipinski definition) is 7. The third kappa shape index (κ3) is 5.74. The van der Waals surface area contributed by atoms with Crippen LogP contribution in [-0.2, 0) is 4.79 Å².